The first-order valence-corrected chi connectivity index (χ1v) is 6.39. The second kappa shape index (κ2) is 5.79. The van der Waals surface area contributed by atoms with Crippen LogP contribution in [0.3, 0.4) is 0 Å². The van der Waals surface area contributed by atoms with Gasteiger partial charge in [0.05, 0.1) is 12.7 Å². The first-order chi connectivity index (χ1) is 8.18. The fourth-order valence-corrected chi connectivity index (χ4v) is 2.24. The molecule has 0 aromatic rings. The van der Waals surface area contributed by atoms with Crippen LogP contribution in [0.25, 0.3) is 0 Å². The van der Waals surface area contributed by atoms with Gasteiger partial charge in [-0.05, 0) is 17.6 Å². The number of rotatable bonds is 2. The second-order valence-corrected chi connectivity index (χ2v) is 6.27. The molecule has 18 heavy (non-hydrogen) atoms. The van der Waals surface area contributed by atoms with Crippen LogP contribution in [-0.2, 0) is 9.47 Å². The van der Waals surface area contributed by atoms with Crippen molar-refractivity contribution in [3.8, 4) is 0 Å². The molecule has 1 unspecified atom stereocenters. The van der Waals surface area contributed by atoms with Crippen molar-refractivity contribution in [3.63, 3.8) is 0 Å². The molecule has 1 saturated heterocycles. The zero-order valence-electron chi connectivity index (χ0n) is 11.2. The molecule has 1 rings (SSSR count). The number of hydrogen-bond donors (Lipinski definition) is 3. The van der Waals surface area contributed by atoms with Crippen molar-refractivity contribution in [2.24, 2.45) is 5.41 Å². The van der Waals surface area contributed by atoms with E-state index in [2.05, 4.69) is 0 Å². The molecule has 1 fully saturated rings. The number of ether oxygens (including phenoxy) is 2. The molecule has 5 nitrogen and oxygen atoms in total. The first-order valence-electron chi connectivity index (χ1n) is 5.98. The fraction of sp³-hybridized carbons (Fsp3) is 0.917. The molecule has 0 amide bonds. The Balaban J connectivity index is 2.95. The second-order valence-electron chi connectivity index (χ2n) is 5.70. The van der Waals surface area contributed by atoms with Gasteiger partial charge >= 0.3 is 0 Å². The van der Waals surface area contributed by atoms with Gasteiger partial charge in [-0.1, -0.05) is 20.8 Å². The molecule has 106 valence electrons. The third-order valence-corrected chi connectivity index (χ3v) is 3.12. The maximum absolute atomic E-state index is 10.2. The van der Waals surface area contributed by atoms with Gasteiger partial charge in [0.2, 0.25) is 0 Å². The number of aliphatic hydroxyl groups excluding tert-OH is 3. The lowest BCUT2D eigenvalue weighted by molar-refractivity contribution is -0.246. The van der Waals surface area contributed by atoms with Crippen LogP contribution in [0.15, 0.2) is 0 Å². The Bertz CT molecular complexity index is 301. The standard InChI is InChI=1S/C12H22O5S/c1-6(18)16-10-8(14)7(5-13)17-11(9(10)15)12(2,3)4/h7-11,13-15H,5H2,1-4H3/t7-,8-,9+,10-,11?/m1/s1. The van der Waals surface area contributed by atoms with Gasteiger partial charge in [0.1, 0.15) is 18.3 Å². The maximum atomic E-state index is 10.2. The molecule has 0 radical (unpaired) electrons. The largest absolute Gasteiger partial charge is 0.479 e. The van der Waals surface area contributed by atoms with Crippen molar-refractivity contribution in [3.05, 3.63) is 0 Å². The molecule has 0 aliphatic carbocycles. The van der Waals surface area contributed by atoms with Crippen LogP contribution in [0.4, 0.5) is 0 Å². The molecule has 5 atom stereocenters. The molecule has 6 heteroatoms. The van der Waals surface area contributed by atoms with Crippen molar-refractivity contribution in [1.82, 2.24) is 0 Å². The Morgan fingerprint density at radius 2 is 1.83 bits per heavy atom. The average Bonchev–Trinajstić information content (AvgIpc) is 2.22. The quantitative estimate of drug-likeness (QED) is 0.628. The predicted molar refractivity (Wildman–Crippen MR) is 70.4 cm³/mol. The molecule has 0 spiro atoms. The Morgan fingerprint density at radius 1 is 1.28 bits per heavy atom. The summed E-state index contributed by atoms with van der Waals surface area (Å²) in [6, 6.07) is 0. The Hall–Kier alpha value is -0.270. The number of thiocarbonyl (C=S) groups is 1. The zero-order valence-corrected chi connectivity index (χ0v) is 12.0. The van der Waals surface area contributed by atoms with Gasteiger partial charge in [0, 0.05) is 6.92 Å². The summed E-state index contributed by atoms with van der Waals surface area (Å²) in [4.78, 5) is 0. The maximum Gasteiger partial charge on any atom is 0.157 e. The summed E-state index contributed by atoms with van der Waals surface area (Å²) in [6.45, 7) is 6.97. The third kappa shape index (κ3) is 3.39. The third-order valence-electron chi connectivity index (χ3n) is 3.02. The SMILES string of the molecule is CC(=S)O[C@@H]1[C@H](O)[C@@H](CO)OC(C(C)(C)C)[C@H]1O. The van der Waals surface area contributed by atoms with E-state index in [1.807, 2.05) is 20.8 Å². The minimum Gasteiger partial charge on any atom is -0.479 e. The predicted octanol–water partition coefficient (Wildman–Crippen LogP) is 0.246. The molecule has 0 aromatic heterocycles. The fourth-order valence-electron chi connectivity index (χ4n) is 2.13. The van der Waals surface area contributed by atoms with E-state index in [4.69, 9.17) is 21.7 Å². The van der Waals surface area contributed by atoms with Crippen LogP contribution in [-0.4, -0.2) is 57.5 Å². The van der Waals surface area contributed by atoms with Crippen LogP contribution in [0.5, 0.6) is 0 Å². The highest BCUT2D eigenvalue weighted by molar-refractivity contribution is 7.80. The van der Waals surface area contributed by atoms with Crippen molar-refractivity contribution >= 4 is 17.3 Å². The smallest absolute Gasteiger partial charge is 0.157 e. The molecule has 0 aromatic carbocycles. The van der Waals surface area contributed by atoms with E-state index in [1.54, 1.807) is 6.92 Å². The summed E-state index contributed by atoms with van der Waals surface area (Å²) in [5.41, 5.74) is -0.343. The van der Waals surface area contributed by atoms with E-state index in [-0.39, 0.29) is 17.1 Å². The summed E-state index contributed by atoms with van der Waals surface area (Å²) in [5.74, 6) is 0. The Kier molecular flexibility index (Phi) is 5.08. The minimum atomic E-state index is -1.11. The Labute approximate surface area is 113 Å². The lowest BCUT2D eigenvalue weighted by Crippen LogP contribution is -2.62. The van der Waals surface area contributed by atoms with Gasteiger partial charge in [-0.25, -0.2) is 0 Å². The lowest BCUT2D eigenvalue weighted by atomic mass is 9.80. The van der Waals surface area contributed by atoms with Crippen LogP contribution in [0.1, 0.15) is 27.7 Å². The molecule has 0 saturated carbocycles. The minimum absolute atomic E-state index is 0.240. The molecule has 1 aliphatic heterocycles. The van der Waals surface area contributed by atoms with Crippen LogP contribution >= 0.6 is 12.2 Å². The average molecular weight is 278 g/mol. The van der Waals surface area contributed by atoms with E-state index in [0.29, 0.717) is 0 Å². The van der Waals surface area contributed by atoms with E-state index in [1.165, 1.54) is 0 Å². The summed E-state index contributed by atoms with van der Waals surface area (Å²) in [7, 11) is 0. The van der Waals surface area contributed by atoms with Crippen LogP contribution < -0.4 is 0 Å². The number of hydrogen-bond acceptors (Lipinski definition) is 6. The topological polar surface area (TPSA) is 79.2 Å². The highest BCUT2D eigenvalue weighted by Gasteiger charge is 2.49. The van der Waals surface area contributed by atoms with Gasteiger partial charge in [-0.3, -0.25) is 0 Å². The molecule has 0 bridgehead atoms. The Morgan fingerprint density at radius 3 is 2.22 bits per heavy atom. The van der Waals surface area contributed by atoms with Crippen molar-refractivity contribution < 1.29 is 24.8 Å². The van der Waals surface area contributed by atoms with Crippen LogP contribution in [0, 0.1) is 5.41 Å². The normalized spacial score (nSPS) is 37.4. The van der Waals surface area contributed by atoms with Gasteiger partial charge in [0.15, 0.2) is 11.2 Å². The van der Waals surface area contributed by atoms with Crippen molar-refractivity contribution in [2.45, 2.75) is 58.2 Å². The molecular formula is C12H22O5S. The monoisotopic (exact) mass is 278 g/mol. The lowest BCUT2D eigenvalue weighted by Gasteiger charge is -2.46. The summed E-state index contributed by atoms with van der Waals surface area (Å²) in [6.07, 6.45) is -4.31. The van der Waals surface area contributed by atoms with Gasteiger partial charge in [0.25, 0.3) is 0 Å². The number of aliphatic hydroxyl groups is 3. The first kappa shape index (κ1) is 15.8. The molecule has 3 N–H and O–H groups in total. The van der Waals surface area contributed by atoms with E-state index < -0.39 is 30.5 Å². The van der Waals surface area contributed by atoms with Crippen molar-refractivity contribution in [1.29, 1.82) is 0 Å². The van der Waals surface area contributed by atoms with Gasteiger partial charge < -0.3 is 24.8 Å². The molecule has 1 heterocycles. The highest BCUT2D eigenvalue weighted by Crippen LogP contribution is 2.34. The molecule has 1 aliphatic rings. The van der Waals surface area contributed by atoms with Gasteiger partial charge in [-0.2, -0.15) is 0 Å². The van der Waals surface area contributed by atoms with E-state index >= 15 is 0 Å². The van der Waals surface area contributed by atoms with E-state index in [9.17, 15) is 15.3 Å². The summed E-state index contributed by atoms with van der Waals surface area (Å²) < 4.78 is 10.9. The highest BCUT2D eigenvalue weighted by atomic mass is 32.1. The summed E-state index contributed by atoms with van der Waals surface area (Å²) >= 11 is 4.84. The van der Waals surface area contributed by atoms with E-state index in [0.717, 1.165) is 0 Å². The molecular weight excluding hydrogens is 256 g/mol. The summed E-state index contributed by atoms with van der Waals surface area (Å²) in [5, 5.41) is 29.7. The van der Waals surface area contributed by atoms with Gasteiger partial charge in [-0.15, -0.1) is 0 Å². The van der Waals surface area contributed by atoms with Crippen molar-refractivity contribution in [2.75, 3.05) is 6.61 Å². The zero-order chi connectivity index (χ0) is 14.1. The van der Waals surface area contributed by atoms with Crippen LogP contribution in [0.2, 0.25) is 0 Å².